The van der Waals surface area contributed by atoms with E-state index < -0.39 is 0 Å². The molecule has 0 saturated heterocycles. The van der Waals surface area contributed by atoms with Crippen LogP contribution in [0.3, 0.4) is 0 Å². The Balaban J connectivity index is 2.18. The van der Waals surface area contributed by atoms with Gasteiger partial charge in [-0.1, -0.05) is 84.0 Å². The molecule has 0 fully saturated rings. The quantitative estimate of drug-likeness (QED) is 0.398. The predicted molar refractivity (Wildman–Crippen MR) is 137 cm³/mol. The van der Waals surface area contributed by atoms with E-state index >= 15 is 0 Å². The minimum Gasteiger partial charge on any atom is -0.252 e. The first-order chi connectivity index (χ1) is 15.2. The molecule has 4 rings (SSSR count). The van der Waals surface area contributed by atoms with Gasteiger partial charge in [0.15, 0.2) is 0 Å². The highest BCUT2D eigenvalue weighted by Crippen LogP contribution is 2.50. The van der Waals surface area contributed by atoms with E-state index in [1.165, 1.54) is 21.6 Å². The first-order valence-corrected chi connectivity index (χ1v) is 12.4. The fourth-order valence-corrected chi connectivity index (χ4v) is 5.56. The maximum absolute atomic E-state index is 13.9. The number of thioether (sulfide) groups is 1. The molecule has 3 aromatic rings. The van der Waals surface area contributed by atoms with Gasteiger partial charge in [-0.05, 0) is 46.7 Å². The summed E-state index contributed by atoms with van der Waals surface area (Å²) in [6, 6.07) is 15.6. The van der Waals surface area contributed by atoms with E-state index in [1.807, 2.05) is 23.9 Å². The first kappa shape index (κ1) is 22.8. The highest BCUT2D eigenvalue weighted by atomic mass is 32.2. The van der Waals surface area contributed by atoms with Crippen LogP contribution in [0, 0.1) is 11.7 Å². The van der Waals surface area contributed by atoms with Gasteiger partial charge in [0.05, 0.1) is 11.4 Å². The number of benzene rings is 2. The van der Waals surface area contributed by atoms with Crippen LogP contribution in [0.25, 0.3) is 28.5 Å². The van der Waals surface area contributed by atoms with Crippen molar-refractivity contribution in [3.8, 4) is 22.4 Å². The van der Waals surface area contributed by atoms with Crippen molar-refractivity contribution in [2.45, 2.75) is 57.8 Å². The zero-order valence-corrected chi connectivity index (χ0v) is 20.7. The Morgan fingerprint density at radius 1 is 1.00 bits per heavy atom. The molecule has 0 unspecified atom stereocenters. The maximum Gasteiger partial charge on any atom is 0.123 e. The van der Waals surface area contributed by atoms with Crippen molar-refractivity contribution in [1.29, 1.82) is 0 Å². The third kappa shape index (κ3) is 4.28. The maximum atomic E-state index is 13.9. The molecule has 2 aromatic carbocycles. The summed E-state index contributed by atoms with van der Waals surface area (Å²) in [4.78, 5) is 6.63. The number of pyridine rings is 1. The second kappa shape index (κ2) is 8.86. The molecule has 0 bridgehead atoms. The summed E-state index contributed by atoms with van der Waals surface area (Å²) in [6.07, 6.45) is 4.49. The van der Waals surface area contributed by atoms with Crippen LogP contribution in [0.15, 0.2) is 59.5 Å². The Morgan fingerprint density at radius 2 is 1.69 bits per heavy atom. The minimum absolute atomic E-state index is 0.105. The standard InChI is InChI=1S/C29H32FNS/c1-18(2)11-16-23-25(20-12-14-21(30)15-13-20)26-28(31-27(23)19(3)4)22-9-7-8-10-24(22)32-17-29(26,5)6/h7-16,18-19H,17H2,1-6H3/b16-11+. The molecule has 0 aliphatic carbocycles. The molecule has 3 heteroatoms. The second-order valence-corrected chi connectivity index (χ2v) is 11.0. The molecule has 0 radical (unpaired) electrons. The van der Waals surface area contributed by atoms with Crippen LogP contribution in [-0.4, -0.2) is 10.7 Å². The van der Waals surface area contributed by atoms with Crippen LogP contribution in [0.4, 0.5) is 4.39 Å². The zero-order valence-electron chi connectivity index (χ0n) is 19.9. The third-order valence-electron chi connectivity index (χ3n) is 6.00. The smallest absolute Gasteiger partial charge is 0.123 e. The molecule has 166 valence electrons. The van der Waals surface area contributed by atoms with E-state index in [2.05, 4.69) is 78.0 Å². The van der Waals surface area contributed by atoms with Gasteiger partial charge in [-0.15, -0.1) is 11.8 Å². The molecule has 1 aliphatic heterocycles. The Hall–Kier alpha value is -2.39. The summed E-state index contributed by atoms with van der Waals surface area (Å²) in [5, 5.41) is 0. The van der Waals surface area contributed by atoms with E-state index in [0.29, 0.717) is 5.92 Å². The molecule has 0 spiro atoms. The molecule has 0 atom stereocenters. The Kier molecular flexibility index (Phi) is 6.31. The van der Waals surface area contributed by atoms with Crippen molar-refractivity contribution < 1.29 is 4.39 Å². The third-order valence-corrected chi connectivity index (χ3v) is 7.53. The van der Waals surface area contributed by atoms with Gasteiger partial charge in [-0.2, -0.15) is 0 Å². The number of nitrogens with zero attached hydrogens (tertiary/aromatic N) is 1. The fraction of sp³-hybridized carbons (Fsp3) is 0.345. The van der Waals surface area contributed by atoms with E-state index in [0.717, 1.165) is 28.3 Å². The second-order valence-electron chi connectivity index (χ2n) is 9.94. The average molecular weight is 446 g/mol. The number of hydrogen-bond acceptors (Lipinski definition) is 2. The number of hydrogen-bond donors (Lipinski definition) is 0. The van der Waals surface area contributed by atoms with Crippen LogP contribution in [0.1, 0.15) is 64.3 Å². The van der Waals surface area contributed by atoms with Gasteiger partial charge < -0.3 is 0 Å². The van der Waals surface area contributed by atoms with Crippen LogP contribution >= 0.6 is 11.8 Å². The largest absolute Gasteiger partial charge is 0.252 e. The van der Waals surface area contributed by atoms with Gasteiger partial charge in [0.1, 0.15) is 5.82 Å². The lowest BCUT2D eigenvalue weighted by Gasteiger charge is -2.30. The van der Waals surface area contributed by atoms with Crippen molar-refractivity contribution in [3.05, 3.63) is 77.2 Å². The molecule has 0 amide bonds. The monoisotopic (exact) mass is 445 g/mol. The first-order valence-electron chi connectivity index (χ1n) is 11.4. The summed E-state index contributed by atoms with van der Waals surface area (Å²) < 4.78 is 13.9. The van der Waals surface area contributed by atoms with Gasteiger partial charge >= 0.3 is 0 Å². The number of halogens is 1. The Bertz CT molecular complexity index is 1160. The lowest BCUT2D eigenvalue weighted by molar-refractivity contribution is 0.603. The number of allylic oxidation sites excluding steroid dienone is 1. The van der Waals surface area contributed by atoms with Crippen LogP contribution < -0.4 is 0 Å². The van der Waals surface area contributed by atoms with E-state index in [4.69, 9.17) is 4.98 Å². The summed E-state index contributed by atoms with van der Waals surface area (Å²) in [5.74, 6) is 1.44. The van der Waals surface area contributed by atoms with E-state index in [1.54, 1.807) is 12.1 Å². The molecule has 2 heterocycles. The normalized spacial score (nSPS) is 15.2. The SMILES string of the molecule is CC(C)/C=C/c1c(C(C)C)nc2c(c1-c1ccc(F)cc1)C(C)(C)CSc1ccccc1-2. The minimum atomic E-state index is -0.211. The topological polar surface area (TPSA) is 12.9 Å². The van der Waals surface area contributed by atoms with Gasteiger partial charge in [-0.25, -0.2) is 4.39 Å². The van der Waals surface area contributed by atoms with Crippen molar-refractivity contribution in [3.63, 3.8) is 0 Å². The lowest BCUT2D eigenvalue weighted by Crippen LogP contribution is -2.23. The molecule has 1 aliphatic rings. The molecule has 0 saturated carbocycles. The highest BCUT2D eigenvalue weighted by molar-refractivity contribution is 7.99. The van der Waals surface area contributed by atoms with Crippen molar-refractivity contribution in [2.75, 3.05) is 5.75 Å². The van der Waals surface area contributed by atoms with Crippen LogP contribution in [0.5, 0.6) is 0 Å². The number of rotatable bonds is 4. The Labute approximate surface area is 196 Å². The van der Waals surface area contributed by atoms with Crippen molar-refractivity contribution >= 4 is 17.8 Å². The van der Waals surface area contributed by atoms with Gasteiger partial charge in [-0.3, -0.25) is 4.98 Å². The summed E-state index contributed by atoms with van der Waals surface area (Å²) in [5.41, 5.74) is 7.92. The van der Waals surface area contributed by atoms with Crippen molar-refractivity contribution in [1.82, 2.24) is 4.98 Å². The highest BCUT2D eigenvalue weighted by Gasteiger charge is 2.35. The van der Waals surface area contributed by atoms with Crippen LogP contribution in [0.2, 0.25) is 0 Å². The fourth-order valence-electron chi connectivity index (χ4n) is 4.40. The molecule has 1 nitrogen and oxygen atoms in total. The molecular weight excluding hydrogens is 413 g/mol. The number of fused-ring (bicyclic) bond motifs is 3. The summed E-state index contributed by atoms with van der Waals surface area (Å²) >= 11 is 1.90. The summed E-state index contributed by atoms with van der Waals surface area (Å²) in [7, 11) is 0. The lowest BCUT2D eigenvalue weighted by atomic mass is 9.76. The number of aromatic nitrogens is 1. The Morgan fingerprint density at radius 3 is 2.34 bits per heavy atom. The molecule has 1 aromatic heterocycles. The van der Waals surface area contributed by atoms with Gasteiger partial charge in [0.2, 0.25) is 0 Å². The predicted octanol–water partition coefficient (Wildman–Crippen LogP) is 8.73. The van der Waals surface area contributed by atoms with Crippen LogP contribution in [-0.2, 0) is 5.41 Å². The summed E-state index contributed by atoms with van der Waals surface area (Å²) in [6.45, 7) is 13.4. The van der Waals surface area contributed by atoms with Crippen molar-refractivity contribution in [2.24, 2.45) is 5.92 Å². The van der Waals surface area contributed by atoms with Gasteiger partial charge in [0, 0.05) is 27.2 Å². The molecule has 0 N–H and O–H groups in total. The zero-order chi connectivity index (χ0) is 23.0. The average Bonchev–Trinajstić information content (AvgIpc) is 2.86. The molecular formula is C29H32FNS. The van der Waals surface area contributed by atoms with Gasteiger partial charge in [0.25, 0.3) is 0 Å². The van der Waals surface area contributed by atoms with E-state index in [9.17, 15) is 4.39 Å². The van der Waals surface area contributed by atoms with E-state index in [-0.39, 0.29) is 17.2 Å². The molecule has 32 heavy (non-hydrogen) atoms.